The van der Waals surface area contributed by atoms with Crippen LogP contribution in [0.4, 0.5) is 11.5 Å². The number of nitrogens with two attached hydrogens (primary N) is 1. The van der Waals surface area contributed by atoms with Crippen molar-refractivity contribution in [2.24, 2.45) is 10.7 Å². The summed E-state index contributed by atoms with van der Waals surface area (Å²) >= 11 is 5.99. The highest BCUT2D eigenvalue weighted by Gasteiger charge is 2.13. The van der Waals surface area contributed by atoms with Crippen LogP contribution >= 0.6 is 11.6 Å². The van der Waals surface area contributed by atoms with Gasteiger partial charge in [-0.3, -0.25) is 5.41 Å². The molecule has 0 saturated heterocycles. The second kappa shape index (κ2) is 11.9. The maximum atomic E-state index is 11.3. The summed E-state index contributed by atoms with van der Waals surface area (Å²) < 4.78 is 28.5. The minimum absolute atomic E-state index is 0.0115. The molecule has 0 bridgehead atoms. The van der Waals surface area contributed by atoms with Crippen LogP contribution in [0.15, 0.2) is 96.1 Å². The van der Waals surface area contributed by atoms with Gasteiger partial charge in [0.15, 0.2) is 0 Å². The normalized spacial score (nSPS) is 11.7. The number of aromatic nitrogens is 1. The number of anilines is 1. The van der Waals surface area contributed by atoms with Gasteiger partial charge in [0, 0.05) is 46.8 Å². The first-order chi connectivity index (χ1) is 18.2. The zero-order valence-corrected chi connectivity index (χ0v) is 22.1. The largest absolute Gasteiger partial charge is 0.457 e. The fourth-order valence-corrected chi connectivity index (χ4v) is 4.16. The van der Waals surface area contributed by atoms with Crippen molar-refractivity contribution in [2.45, 2.75) is 0 Å². The molecule has 0 radical (unpaired) electrons. The van der Waals surface area contributed by atoms with E-state index in [0.717, 1.165) is 5.56 Å². The van der Waals surface area contributed by atoms with Crippen molar-refractivity contribution in [3.05, 3.63) is 113 Å². The number of benzene rings is 3. The monoisotopic (exact) mass is 547 g/mol. The number of ether oxygens (including phenoxy) is 1. The molecule has 0 aliphatic heterocycles. The van der Waals surface area contributed by atoms with E-state index in [2.05, 4.69) is 15.3 Å². The lowest BCUT2D eigenvalue weighted by Crippen LogP contribution is -2.18. The first-order valence-corrected chi connectivity index (χ1v) is 14.1. The third-order valence-corrected chi connectivity index (χ3v) is 6.64. The van der Waals surface area contributed by atoms with Gasteiger partial charge in [-0.15, -0.1) is 0 Å². The highest BCUT2D eigenvalue weighted by Crippen LogP contribution is 2.26. The molecule has 0 saturated carbocycles. The third-order valence-electron chi connectivity index (χ3n) is 5.44. The van der Waals surface area contributed by atoms with Crippen molar-refractivity contribution in [2.75, 3.05) is 23.9 Å². The van der Waals surface area contributed by atoms with Gasteiger partial charge in [0.2, 0.25) is 0 Å². The molecule has 1 heterocycles. The molecule has 0 aliphatic rings. The van der Waals surface area contributed by atoms with Gasteiger partial charge in [-0.25, -0.2) is 18.4 Å². The molecule has 8 nitrogen and oxygen atoms in total. The molecule has 10 heteroatoms. The Kier molecular flexibility index (Phi) is 8.40. The van der Waals surface area contributed by atoms with E-state index in [1.165, 1.54) is 6.26 Å². The zero-order valence-electron chi connectivity index (χ0n) is 20.6. The Labute approximate surface area is 226 Å². The summed E-state index contributed by atoms with van der Waals surface area (Å²) in [6.07, 6.45) is 2.77. The number of hydrogen-bond donors (Lipinski definition) is 3. The SMILES string of the molecule is CS(=O)(=O)CCNc1cc(Oc2ccc(N=C(N)c3ccccc3C(=N)c3ccc(Cl)cc3)cc2)ccn1. The number of halogens is 1. The Bertz CT molecular complexity index is 1570. The summed E-state index contributed by atoms with van der Waals surface area (Å²) in [6, 6.07) is 25.0. The molecule has 194 valence electrons. The molecule has 0 amide bonds. The molecule has 1 aromatic heterocycles. The first-order valence-electron chi connectivity index (χ1n) is 11.6. The van der Waals surface area contributed by atoms with Crippen LogP contribution in [0.5, 0.6) is 11.5 Å². The summed E-state index contributed by atoms with van der Waals surface area (Å²) in [4.78, 5) is 8.73. The van der Waals surface area contributed by atoms with E-state index in [4.69, 9.17) is 27.5 Å². The highest BCUT2D eigenvalue weighted by atomic mass is 35.5. The number of pyridine rings is 1. The predicted molar refractivity (Wildman–Crippen MR) is 153 cm³/mol. The number of hydrogen-bond acceptors (Lipinski definition) is 7. The Balaban J connectivity index is 1.46. The van der Waals surface area contributed by atoms with Crippen LogP contribution in [-0.2, 0) is 9.84 Å². The van der Waals surface area contributed by atoms with Crippen LogP contribution in [0.1, 0.15) is 16.7 Å². The van der Waals surface area contributed by atoms with Crippen molar-refractivity contribution in [1.29, 1.82) is 5.41 Å². The third kappa shape index (κ3) is 7.41. The summed E-state index contributed by atoms with van der Waals surface area (Å²) in [6.45, 7) is 0.256. The summed E-state index contributed by atoms with van der Waals surface area (Å²) in [5, 5.41) is 12.2. The van der Waals surface area contributed by atoms with E-state index in [-0.39, 0.29) is 18.1 Å². The van der Waals surface area contributed by atoms with Gasteiger partial charge in [0.05, 0.1) is 17.2 Å². The van der Waals surface area contributed by atoms with Crippen LogP contribution in [-0.4, -0.2) is 43.5 Å². The molecule has 4 aromatic rings. The Morgan fingerprint density at radius 2 is 1.68 bits per heavy atom. The van der Waals surface area contributed by atoms with Gasteiger partial charge >= 0.3 is 0 Å². The second-order valence-corrected chi connectivity index (χ2v) is 11.2. The molecular weight excluding hydrogens is 522 g/mol. The number of nitrogens with one attached hydrogen (secondary N) is 2. The quantitative estimate of drug-likeness (QED) is 0.179. The minimum atomic E-state index is -3.06. The average Bonchev–Trinajstić information content (AvgIpc) is 2.89. The number of rotatable bonds is 10. The standard InChI is InChI=1S/C28H26ClN5O3S/c1-38(35,36)17-16-33-26-18-23(14-15-32-26)37-22-12-10-21(11-13-22)34-28(31)25-5-3-2-4-24(25)27(30)19-6-8-20(29)9-7-19/h2-15,18,30H,16-17H2,1H3,(H2,31,34)(H,32,33). The first kappa shape index (κ1) is 26.8. The number of nitrogens with zero attached hydrogens (tertiary/aromatic N) is 2. The molecule has 4 rings (SSSR count). The Hall–Kier alpha value is -4.21. The van der Waals surface area contributed by atoms with Crippen molar-refractivity contribution in [3.8, 4) is 11.5 Å². The molecule has 0 spiro atoms. The van der Waals surface area contributed by atoms with Crippen LogP contribution in [0, 0.1) is 5.41 Å². The second-order valence-electron chi connectivity index (χ2n) is 8.45. The molecule has 0 fully saturated rings. The Morgan fingerprint density at radius 3 is 2.37 bits per heavy atom. The zero-order chi connectivity index (χ0) is 27.1. The van der Waals surface area contributed by atoms with Gasteiger partial charge in [-0.1, -0.05) is 48.0 Å². The van der Waals surface area contributed by atoms with Gasteiger partial charge in [-0.05, 0) is 42.5 Å². The minimum Gasteiger partial charge on any atom is -0.457 e. The van der Waals surface area contributed by atoms with E-state index < -0.39 is 9.84 Å². The van der Waals surface area contributed by atoms with E-state index in [1.54, 1.807) is 66.9 Å². The van der Waals surface area contributed by atoms with Crippen LogP contribution in [0.25, 0.3) is 0 Å². The number of aliphatic imine (C=N–C) groups is 1. The number of amidine groups is 1. The average molecular weight is 548 g/mol. The van der Waals surface area contributed by atoms with Gasteiger partial charge in [-0.2, -0.15) is 0 Å². The molecule has 0 aliphatic carbocycles. The van der Waals surface area contributed by atoms with E-state index in [1.807, 2.05) is 24.3 Å². The van der Waals surface area contributed by atoms with Gasteiger partial charge < -0.3 is 15.8 Å². The smallest absolute Gasteiger partial charge is 0.149 e. The molecular formula is C28H26ClN5O3S. The van der Waals surface area contributed by atoms with Crippen LogP contribution in [0.2, 0.25) is 5.02 Å². The molecule has 3 aromatic carbocycles. The molecule has 38 heavy (non-hydrogen) atoms. The van der Waals surface area contributed by atoms with Crippen molar-refractivity contribution < 1.29 is 13.2 Å². The lowest BCUT2D eigenvalue weighted by molar-refractivity contribution is 0.482. The van der Waals surface area contributed by atoms with Crippen LogP contribution < -0.4 is 15.8 Å². The molecule has 0 atom stereocenters. The fourth-order valence-electron chi connectivity index (χ4n) is 3.56. The van der Waals surface area contributed by atoms with Gasteiger partial charge in [0.1, 0.15) is 33.0 Å². The van der Waals surface area contributed by atoms with Crippen molar-refractivity contribution >= 4 is 44.5 Å². The lowest BCUT2D eigenvalue weighted by atomic mass is 9.97. The summed E-state index contributed by atoms with van der Waals surface area (Å²) in [5.41, 5.74) is 9.35. The maximum absolute atomic E-state index is 11.3. The fraction of sp³-hybridized carbons (Fsp3) is 0.107. The van der Waals surface area contributed by atoms with E-state index in [0.29, 0.717) is 44.9 Å². The van der Waals surface area contributed by atoms with E-state index in [9.17, 15) is 8.42 Å². The van der Waals surface area contributed by atoms with Crippen molar-refractivity contribution in [3.63, 3.8) is 0 Å². The van der Waals surface area contributed by atoms with Crippen molar-refractivity contribution in [1.82, 2.24) is 4.98 Å². The van der Waals surface area contributed by atoms with Gasteiger partial charge in [0.25, 0.3) is 0 Å². The molecule has 4 N–H and O–H groups in total. The summed E-state index contributed by atoms with van der Waals surface area (Å²) in [7, 11) is -3.06. The Morgan fingerprint density at radius 1 is 1.00 bits per heavy atom. The van der Waals surface area contributed by atoms with Crippen LogP contribution in [0.3, 0.4) is 0 Å². The maximum Gasteiger partial charge on any atom is 0.149 e. The van der Waals surface area contributed by atoms with E-state index >= 15 is 0 Å². The number of sulfone groups is 1. The summed E-state index contributed by atoms with van der Waals surface area (Å²) in [5.74, 6) is 1.94. The predicted octanol–water partition coefficient (Wildman–Crippen LogP) is 5.44. The molecule has 0 unspecified atom stereocenters. The lowest BCUT2D eigenvalue weighted by Gasteiger charge is -2.11. The highest BCUT2D eigenvalue weighted by molar-refractivity contribution is 7.90. The topological polar surface area (TPSA) is 131 Å².